The molecule has 8 amide bonds. The van der Waals surface area contributed by atoms with E-state index in [2.05, 4.69) is 47.5 Å². The van der Waals surface area contributed by atoms with Crippen molar-refractivity contribution in [3.05, 3.63) is 0 Å². The molecule has 0 bridgehead atoms. The van der Waals surface area contributed by atoms with E-state index in [1.165, 1.54) is 0 Å². The van der Waals surface area contributed by atoms with Crippen LogP contribution in [0.4, 0.5) is 0 Å². The van der Waals surface area contributed by atoms with Gasteiger partial charge in [-0.3, -0.25) is 52.9 Å². The minimum Gasteiger partial charge on any atom is -0.481 e. The van der Waals surface area contributed by atoms with Gasteiger partial charge in [0.2, 0.25) is 47.3 Å². The molecule has 0 unspecified atom stereocenters. The van der Waals surface area contributed by atoms with E-state index >= 15 is 0 Å². The van der Waals surface area contributed by atoms with E-state index in [1.807, 2.05) is 0 Å². The number of unbranched alkanes of at least 4 members (excludes halogenated alkanes) is 1. The largest absolute Gasteiger partial charge is 0.481 e. The summed E-state index contributed by atoms with van der Waals surface area (Å²) < 4.78 is 0. The van der Waals surface area contributed by atoms with E-state index in [4.69, 9.17) is 22.9 Å². The lowest BCUT2D eigenvalue weighted by molar-refractivity contribution is -0.144. The number of aliphatic hydroxyl groups excluding tert-OH is 1. The zero-order chi connectivity index (χ0) is 58.4. The first-order valence-corrected chi connectivity index (χ1v) is 25.7. The molecule has 0 radical (unpaired) electrons. The smallest absolute Gasteiger partial charge is 0.326 e. The minimum atomic E-state index is -1.95. The molecule has 28 heteroatoms. The first kappa shape index (κ1) is 69.3. The molecule has 20 N–H and O–H groups in total. The highest BCUT2D eigenvalue weighted by Gasteiger charge is 2.37. The molecule has 11 atom stereocenters. The standard InChI is InChI=1S/C48H87N13O15/c1-9-26(7)37(46(74)55-29(15-11-12-18-49)40(68)61-38(47(75)76)27(8)10-2)60-41(69)30(16-17-35(63)64)54-45(73)34(23-62)59-44(72)33(22-36(65)66)58-43(71)32(21-25(5)6)57-42(70)31(20-24(3)4)56-39(67)28(50)14-13-19-53-48(51)52/h24-34,37-38,62H,9-23,49-50H2,1-8H3,(H,54,73)(H,55,74)(H,56,67)(H,57,70)(H,58,71)(H,59,72)(H,60,69)(H,61,68)(H,63,64)(H,65,66)(H,75,76)(H4,51,52,53)/t26-,27-,28-,29-,30-,31-,32-,33-,34-,37-,38-/m0/s1. The third kappa shape index (κ3) is 27.2. The van der Waals surface area contributed by atoms with Crippen LogP contribution in [0.3, 0.4) is 0 Å². The van der Waals surface area contributed by atoms with Crippen LogP contribution in [0.5, 0.6) is 0 Å². The lowest BCUT2D eigenvalue weighted by atomic mass is 9.96. The SMILES string of the molecule is CC[C@H](C)[C@H](NC(=O)[C@H](CCCCN)NC(=O)[C@@H](NC(=O)[C@H](CCC(=O)O)NC(=O)[C@H](CO)NC(=O)[C@H](CC(=O)O)NC(=O)[C@H](CC(C)C)NC(=O)[C@H](CC(C)C)NC(=O)[C@@H](N)CCCN=C(N)N)[C@@H](C)CC)C(=O)O. The van der Waals surface area contributed by atoms with Gasteiger partial charge in [0.1, 0.15) is 48.3 Å². The van der Waals surface area contributed by atoms with Crippen LogP contribution in [0.2, 0.25) is 0 Å². The van der Waals surface area contributed by atoms with E-state index in [-0.39, 0.29) is 63.0 Å². The Morgan fingerprint density at radius 2 is 0.908 bits per heavy atom. The number of carboxylic acid groups (broad SMARTS) is 3. The maximum atomic E-state index is 13.9. The zero-order valence-corrected chi connectivity index (χ0v) is 45.1. The number of nitrogens with one attached hydrogen (secondary N) is 8. The fourth-order valence-electron chi connectivity index (χ4n) is 7.45. The van der Waals surface area contributed by atoms with E-state index < -0.39 is 157 Å². The van der Waals surface area contributed by atoms with Crippen molar-refractivity contribution in [1.29, 1.82) is 0 Å². The highest BCUT2D eigenvalue weighted by Crippen LogP contribution is 2.15. The number of amides is 8. The number of guanidine groups is 1. The molecule has 0 aliphatic carbocycles. The van der Waals surface area contributed by atoms with Gasteiger partial charge in [0.25, 0.3) is 0 Å². The molecule has 434 valence electrons. The van der Waals surface area contributed by atoms with Crippen LogP contribution in [0.1, 0.15) is 132 Å². The van der Waals surface area contributed by atoms with Crippen LogP contribution < -0.4 is 65.5 Å². The molecule has 0 fully saturated rings. The summed E-state index contributed by atoms with van der Waals surface area (Å²) in [5, 5.41) is 58.8. The van der Waals surface area contributed by atoms with Gasteiger partial charge in [-0.25, -0.2) is 4.79 Å². The molecule has 0 aliphatic heterocycles. The molecule has 0 heterocycles. The van der Waals surface area contributed by atoms with Crippen LogP contribution in [0, 0.1) is 23.7 Å². The summed E-state index contributed by atoms with van der Waals surface area (Å²) in [5.41, 5.74) is 22.4. The van der Waals surface area contributed by atoms with Gasteiger partial charge in [0.05, 0.1) is 19.1 Å². The van der Waals surface area contributed by atoms with Gasteiger partial charge in [-0.05, 0) is 81.6 Å². The predicted molar refractivity (Wildman–Crippen MR) is 278 cm³/mol. The lowest BCUT2D eigenvalue weighted by Crippen LogP contribution is -2.61. The topological polar surface area (TPSA) is 481 Å². The maximum absolute atomic E-state index is 13.9. The van der Waals surface area contributed by atoms with E-state index in [9.17, 15) is 73.2 Å². The number of aliphatic imine (C=N–C) groups is 1. The van der Waals surface area contributed by atoms with E-state index in [0.717, 1.165) is 0 Å². The number of carbonyl (C=O) groups excluding carboxylic acids is 8. The Morgan fingerprint density at radius 1 is 0.487 bits per heavy atom. The Hall–Kier alpha value is -6.68. The Labute approximate surface area is 443 Å². The number of rotatable bonds is 39. The van der Waals surface area contributed by atoms with Gasteiger partial charge in [-0.15, -0.1) is 0 Å². The van der Waals surface area contributed by atoms with Crippen molar-refractivity contribution in [1.82, 2.24) is 42.5 Å². The quantitative estimate of drug-likeness (QED) is 0.0165. The Balaban J connectivity index is 6.58. The normalized spacial score (nSPS) is 15.5. The highest BCUT2D eigenvalue weighted by molar-refractivity contribution is 5.99. The van der Waals surface area contributed by atoms with Crippen molar-refractivity contribution in [2.75, 3.05) is 19.7 Å². The molecule has 0 aromatic heterocycles. The Kier molecular flexibility index (Phi) is 33.1. The first-order chi connectivity index (χ1) is 35.5. The van der Waals surface area contributed by atoms with Gasteiger partial charge in [-0.1, -0.05) is 68.2 Å². The number of hydrogen-bond acceptors (Lipinski definition) is 15. The third-order valence-electron chi connectivity index (χ3n) is 12.2. The molecule has 0 aromatic carbocycles. The number of hydrogen-bond donors (Lipinski definition) is 16. The zero-order valence-electron chi connectivity index (χ0n) is 45.1. The molecule has 0 saturated carbocycles. The number of nitrogens with zero attached hydrogens (tertiary/aromatic N) is 1. The number of nitrogens with two attached hydrogens (primary N) is 4. The molecule has 0 aromatic rings. The molecule has 0 rings (SSSR count). The number of carboxylic acids is 3. The van der Waals surface area contributed by atoms with Crippen molar-refractivity contribution in [2.24, 2.45) is 51.6 Å². The van der Waals surface area contributed by atoms with E-state index in [0.29, 0.717) is 25.7 Å². The average Bonchev–Trinajstić information content (AvgIpc) is 3.33. The summed E-state index contributed by atoms with van der Waals surface area (Å²) in [6.45, 7) is 13.0. The van der Waals surface area contributed by atoms with Gasteiger partial charge in [-0.2, -0.15) is 0 Å². The van der Waals surface area contributed by atoms with Crippen molar-refractivity contribution in [3.63, 3.8) is 0 Å². The molecule has 0 spiro atoms. The van der Waals surface area contributed by atoms with Crippen molar-refractivity contribution < 1.29 is 73.2 Å². The Morgan fingerprint density at radius 3 is 1.37 bits per heavy atom. The van der Waals surface area contributed by atoms with Crippen LogP contribution in [-0.4, -0.2) is 166 Å². The van der Waals surface area contributed by atoms with Crippen LogP contribution in [0.25, 0.3) is 0 Å². The second-order valence-corrected chi connectivity index (χ2v) is 19.8. The fourth-order valence-corrected chi connectivity index (χ4v) is 7.45. The van der Waals surface area contributed by atoms with Gasteiger partial charge >= 0.3 is 17.9 Å². The first-order valence-electron chi connectivity index (χ1n) is 25.7. The van der Waals surface area contributed by atoms with Gasteiger partial charge in [0, 0.05) is 13.0 Å². The molecule has 0 saturated heterocycles. The molecule has 0 aliphatic rings. The second kappa shape index (κ2) is 36.3. The third-order valence-corrected chi connectivity index (χ3v) is 12.2. The van der Waals surface area contributed by atoms with Crippen molar-refractivity contribution in [2.45, 2.75) is 187 Å². The summed E-state index contributed by atoms with van der Waals surface area (Å²) in [6, 6.07) is -13.2. The molecule has 76 heavy (non-hydrogen) atoms. The summed E-state index contributed by atoms with van der Waals surface area (Å²) >= 11 is 0. The summed E-state index contributed by atoms with van der Waals surface area (Å²) in [4.78, 5) is 149. The number of carbonyl (C=O) groups is 11. The second-order valence-electron chi connectivity index (χ2n) is 19.8. The maximum Gasteiger partial charge on any atom is 0.326 e. The van der Waals surface area contributed by atoms with Crippen LogP contribution in [-0.2, 0) is 52.7 Å². The fraction of sp³-hybridized carbons (Fsp3) is 0.750. The van der Waals surface area contributed by atoms with Gasteiger partial charge < -0.3 is 85.9 Å². The monoisotopic (exact) mass is 1090 g/mol. The molecular weight excluding hydrogens is 999 g/mol. The van der Waals surface area contributed by atoms with Crippen molar-refractivity contribution >= 4 is 71.1 Å². The molecule has 28 nitrogen and oxygen atoms in total. The number of aliphatic carboxylic acids is 3. The molecular formula is C48H87N13O15. The average molecular weight is 1090 g/mol. The predicted octanol–water partition coefficient (Wildman–Crippen LogP) is -3.02. The number of aliphatic hydroxyl groups is 1. The van der Waals surface area contributed by atoms with Crippen molar-refractivity contribution in [3.8, 4) is 0 Å². The minimum absolute atomic E-state index is 0.0387. The Bertz CT molecular complexity index is 1970. The summed E-state index contributed by atoms with van der Waals surface area (Å²) in [5.74, 6) is -13.8. The van der Waals surface area contributed by atoms with Crippen LogP contribution >= 0.6 is 0 Å². The lowest BCUT2D eigenvalue weighted by Gasteiger charge is -2.29. The summed E-state index contributed by atoms with van der Waals surface area (Å²) in [6.07, 6.45) is -0.223. The van der Waals surface area contributed by atoms with Crippen LogP contribution in [0.15, 0.2) is 4.99 Å². The van der Waals surface area contributed by atoms with Gasteiger partial charge in [0.15, 0.2) is 5.96 Å². The highest BCUT2D eigenvalue weighted by atomic mass is 16.4. The van der Waals surface area contributed by atoms with E-state index in [1.54, 1.807) is 55.4 Å². The summed E-state index contributed by atoms with van der Waals surface area (Å²) in [7, 11) is 0.